The van der Waals surface area contributed by atoms with Gasteiger partial charge in [0.2, 0.25) is 10.0 Å². The van der Waals surface area contributed by atoms with Crippen LogP contribution in [0.4, 0.5) is 10.5 Å². The van der Waals surface area contributed by atoms with Crippen LogP contribution in [0.25, 0.3) is 0 Å². The standard InChI is InChI=1S/C20H24ClN3O3S/c1-15(16-8-10-17(21)11-9-16)23(2)20(25)22-18-6-5-7-19(14-18)28(26,27)24-12-3-4-13-24/h5-11,14-15H,3-4,12-13H2,1-2H3,(H,22,25)/t15-/m1/s1. The number of carbonyl (C=O) groups is 1. The van der Waals surface area contributed by atoms with Crippen LogP contribution in [0.15, 0.2) is 53.4 Å². The highest BCUT2D eigenvalue weighted by atomic mass is 35.5. The number of benzene rings is 2. The third-order valence-electron chi connectivity index (χ3n) is 5.04. The van der Waals surface area contributed by atoms with E-state index >= 15 is 0 Å². The SMILES string of the molecule is C[C@H](c1ccc(Cl)cc1)N(C)C(=O)Nc1cccc(S(=O)(=O)N2CCCC2)c1. The largest absolute Gasteiger partial charge is 0.322 e. The summed E-state index contributed by atoms with van der Waals surface area (Å²) in [7, 11) is -1.83. The van der Waals surface area contributed by atoms with Crippen molar-refractivity contribution in [1.82, 2.24) is 9.21 Å². The molecule has 0 bridgehead atoms. The normalized spacial score (nSPS) is 16.0. The van der Waals surface area contributed by atoms with Crippen molar-refractivity contribution >= 4 is 33.3 Å². The zero-order chi connectivity index (χ0) is 20.3. The second-order valence-electron chi connectivity index (χ2n) is 6.91. The number of halogens is 1. The zero-order valence-corrected chi connectivity index (χ0v) is 17.5. The Balaban J connectivity index is 1.72. The van der Waals surface area contributed by atoms with E-state index in [-0.39, 0.29) is 17.0 Å². The van der Waals surface area contributed by atoms with Gasteiger partial charge in [-0.15, -0.1) is 0 Å². The number of nitrogens with one attached hydrogen (secondary N) is 1. The number of hydrogen-bond donors (Lipinski definition) is 1. The van der Waals surface area contributed by atoms with Crippen molar-refractivity contribution in [1.29, 1.82) is 0 Å². The number of hydrogen-bond acceptors (Lipinski definition) is 3. The van der Waals surface area contributed by atoms with Crippen molar-refractivity contribution in [2.24, 2.45) is 0 Å². The molecule has 1 atom stereocenters. The minimum absolute atomic E-state index is 0.172. The Kier molecular flexibility index (Phi) is 6.27. The van der Waals surface area contributed by atoms with Gasteiger partial charge in [0.1, 0.15) is 0 Å². The van der Waals surface area contributed by atoms with Gasteiger partial charge in [0, 0.05) is 30.8 Å². The molecule has 1 N–H and O–H groups in total. The van der Waals surface area contributed by atoms with Crippen molar-refractivity contribution in [3.63, 3.8) is 0 Å². The molecule has 2 aromatic rings. The second-order valence-corrected chi connectivity index (χ2v) is 9.28. The highest BCUT2D eigenvalue weighted by Crippen LogP contribution is 2.25. The number of carbonyl (C=O) groups excluding carboxylic acids is 1. The minimum Gasteiger partial charge on any atom is -0.321 e. The smallest absolute Gasteiger partial charge is 0.321 e. The van der Waals surface area contributed by atoms with E-state index in [9.17, 15) is 13.2 Å². The number of amides is 2. The quantitative estimate of drug-likeness (QED) is 0.780. The fraction of sp³-hybridized carbons (Fsp3) is 0.350. The van der Waals surface area contributed by atoms with Crippen molar-refractivity contribution in [3.8, 4) is 0 Å². The molecule has 1 aliphatic rings. The lowest BCUT2D eigenvalue weighted by Gasteiger charge is -2.26. The predicted molar refractivity (Wildman–Crippen MR) is 111 cm³/mol. The maximum Gasteiger partial charge on any atom is 0.322 e. The molecule has 6 nitrogen and oxygen atoms in total. The molecular weight excluding hydrogens is 398 g/mol. The first kappa shape index (κ1) is 20.6. The molecule has 3 rings (SSSR count). The third-order valence-corrected chi connectivity index (χ3v) is 7.19. The zero-order valence-electron chi connectivity index (χ0n) is 15.9. The summed E-state index contributed by atoms with van der Waals surface area (Å²) in [6.07, 6.45) is 1.76. The van der Waals surface area contributed by atoms with E-state index in [0.717, 1.165) is 18.4 Å². The lowest BCUT2D eigenvalue weighted by molar-refractivity contribution is 0.208. The van der Waals surface area contributed by atoms with Crippen molar-refractivity contribution in [2.75, 3.05) is 25.5 Å². The molecule has 0 radical (unpaired) electrons. The van der Waals surface area contributed by atoms with Crippen LogP contribution < -0.4 is 5.32 Å². The highest BCUT2D eigenvalue weighted by Gasteiger charge is 2.27. The highest BCUT2D eigenvalue weighted by molar-refractivity contribution is 7.89. The van der Waals surface area contributed by atoms with Crippen molar-refractivity contribution in [3.05, 3.63) is 59.1 Å². The summed E-state index contributed by atoms with van der Waals surface area (Å²) in [6.45, 7) is 3.00. The Morgan fingerprint density at radius 1 is 1.14 bits per heavy atom. The number of urea groups is 1. The maximum absolute atomic E-state index is 12.7. The van der Waals surface area contributed by atoms with E-state index in [0.29, 0.717) is 23.8 Å². The number of anilines is 1. The van der Waals surface area contributed by atoms with E-state index in [4.69, 9.17) is 11.6 Å². The molecule has 0 aromatic heterocycles. The molecule has 0 unspecified atom stereocenters. The molecule has 1 heterocycles. The molecule has 1 fully saturated rings. The maximum atomic E-state index is 12.7. The van der Waals surface area contributed by atoms with Gasteiger partial charge in [0.05, 0.1) is 10.9 Å². The van der Waals surface area contributed by atoms with Gasteiger partial charge in [-0.1, -0.05) is 29.8 Å². The molecule has 0 saturated carbocycles. The second kappa shape index (κ2) is 8.51. The lowest BCUT2D eigenvalue weighted by Crippen LogP contribution is -2.33. The number of sulfonamides is 1. The van der Waals surface area contributed by atoms with Crippen molar-refractivity contribution < 1.29 is 13.2 Å². The average molecular weight is 422 g/mol. The number of rotatable bonds is 5. The van der Waals surface area contributed by atoms with E-state index in [2.05, 4.69) is 5.32 Å². The van der Waals surface area contributed by atoms with Gasteiger partial charge in [-0.2, -0.15) is 4.31 Å². The summed E-state index contributed by atoms with van der Waals surface area (Å²) >= 11 is 5.92. The first-order valence-electron chi connectivity index (χ1n) is 9.18. The van der Waals surface area contributed by atoms with Crippen LogP contribution >= 0.6 is 11.6 Å². The Morgan fingerprint density at radius 2 is 1.79 bits per heavy atom. The molecule has 0 aliphatic carbocycles. The van der Waals surface area contributed by atoms with Crippen LogP contribution in [0.3, 0.4) is 0 Å². The van der Waals surface area contributed by atoms with Crippen LogP contribution in [0.1, 0.15) is 31.4 Å². The topological polar surface area (TPSA) is 69.7 Å². The van der Waals surface area contributed by atoms with E-state index in [1.54, 1.807) is 42.3 Å². The monoisotopic (exact) mass is 421 g/mol. The average Bonchev–Trinajstić information content (AvgIpc) is 3.23. The first-order chi connectivity index (χ1) is 13.3. The fourth-order valence-electron chi connectivity index (χ4n) is 3.16. The summed E-state index contributed by atoms with van der Waals surface area (Å²) < 4.78 is 26.9. The molecule has 0 spiro atoms. The van der Waals surface area contributed by atoms with Gasteiger partial charge in [0.25, 0.3) is 0 Å². The van der Waals surface area contributed by atoms with Crippen LogP contribution in [0.5, 0.6) is 0 Å². The molecule has 150 valence electrons. The van der Waals surface area contributed by atoms with Gasteiger partial charge < -0.3 is 10.2 Å². The Hall–Kier alpha value is -2.09. The third kappa shape index (κ3) is 4.48. The van der Waals surface area contributed by atoms with Crippen LogP contribution in [0.2, 0.25) is 5.02 Å². The van der Waals surface area contributed by atoms with Crippen molar-refractivity contribution in [2.45, 2.75) is 30.7 Å². The van der Waals surface area contributed by atoms with E-state index in [1.165, 1.54) is 10.4 Å². The van der Waals surface area contributed by atoms with E-state index < -0.39 is 10.0 Å². The van der Waals surface area contributed by atoms with Gasteiger partial charge in [0.15, 0.2) is 0 Å². The summed E-state index contributed by atoms with van der Waals surface area (Å²) in [5.41, 5.74) is 1.40. The van der Waals surface area contributed by atoms with Crippen LogP contribution in [-0.2, 0) is 10.0 Å². The molecule has 8 heteroatoms. The summed E-state index contributed by atoms with van der Waals surface area (Å²) in [4.78, 5) is 14.4. The van der Waals surface area contributed by atoms with Crippen LogP contribution in [-0.4, -0.2) is 43.8 Å². The van der Waals surface area contributed by atoms with Gasteiger partial charge >= 0.3 is 6.03 Å². The molecule has 2 aromatic carbocycles. The minimum atomic E-state index is -3.52. The van der Waals surface area contributed by atoms with E-state index in [1.807, 2.05) is 19.1 Å². The molecule has 1 saturated heterocycles. The molecular formula is C20H24ClN3O3S. The molecule has 28 heavy (non-hydrogen) atoms. The Bertz CT molecular complexity index is 941. The predicted octanol–water partition coefficient (Wildman–Crippen LogP) is 4.35. The fourth-order valence-corrected chi connectivity index (χ4v) is 4.85. The van der Waals surface area contributed by atoms with Gasteiger partial charge in [-0.3, -0.25) is 0 Å². The molecule has 2 amide bonds. The first-order valence-corrected chi connectivity index (χ1v) is 11.0. The summed E-state index contributed by atoms with van der Waals surface area (Å²) in [5.74, 6) is 0. The van der Waals surface area contributed by atoms with Gasteiger partial charge in [-0.05, 0) is 55.7 Å². The Morgan fingerprint density at radius 3 is 2.43 bits per heavy atom. The lowest BCUT2D eigenvalue weighted by atomic mass is 10.1. The summed E-state index contributed by atoms with van der Waals surface area (Å²) in [5, 5.41) is 3.42. The van der Waals surface area contributed by atoms with Gasteiger partial charge in [-0.25, -0.2) is 13.2 Å². The Labute approximate surface area is 171 Å². The number of nitrogens with zero attached hydrogens (tertiary/aromatic N) is 2. The van der Waals surface area contributed by atoms with Crippen LogP contribution in [0, 0.1) is 0 Å². The molecule has 1 aliphatic heterocycles. The summed E-state index contributed by atoms with van der Waals surface area (Å²) in [6, 6.07) is 13.2.